The van der Waals surface area contributed by atoms with E-state index in [0.29, 0.717) is 17.5 Å². The van der Waals surface area contributed by atoms with Gasteiger partial charge in [-0.25, -0.2) is 8.78 Å². The van der Waals surface area contributed by atoms with Crippen molar-refractivity contribution in [3.05, 3.63) is 58.1 Å². The first kappa shape index (κ1) is 16.2. The summed E-state index contributed by atoms with van der Waals surface area (Å²) in [6.07, 6.45) is 0. The first-order valence-corrected chi connectivity index (χ1v) is 7.00. The second-order valence-electron chi connectivity index (χ2n) is 4.39. The molecule has 21 heavy (non-hydrogen) atoms. The van der Waals surface area contributed by atoms with Gasteiger partial charge in [-0.3, -0.25) is 0 Å². The third-order valence-electron chi connectivity index (χ3n) is 2.90. The van der Waals surface area contributed by atoms with Gasteiger partial charge in [0.05, 0.1) is 10.0 Å². The topological polar surface area (TPSA) is 35.2 Å². The quantitative estimate of drug-likeness (QED) is 0.855. The number of hydrogen-bond acceptors (Lipinski definition) is 2. The van der Waals surface area contributed by atoms with Gasteiger partial charge in [0.1, 0.15) is 11.6 Å². The third-order valence-corrected chi connectivity index (χ3v) is 3.51. The maximum atomic E-state index is 13.6. The second-order valence-corrected chi connectivity index (χ2v) is 5.20. The highest BCUT2D eigenvalue weighted by Gasteiger charge is 2.23. The molecular weight excluding hydrogens is 318 g/mol. The lowest BCUT2D eigenvalue weighted by Crippen LogP contribution is -2.46. The molecule has 110 valence electrons. The molecular formula is C14H12BCl2F2NO. The molecule has 0 amide bonds. The summed E-state index contributed by atoms with van der Waals surface area (Å²) in [6.45, 7) is -0.103. The second kappa shape index (κ2) is 7.23. The van der Waals surface area contributed by atoms with Crippen molar-refractivity contribution in [3.63, 3.8) is 0 Å². The molecule has 0 heterocycles. The summed E-state index contributed by atoms with van der Waals surface area (Å²) >= 11 is 11.3. The zero-order chi connectivity index (χ0) is 15.4. The Kier molecular flexibility index (Phi) is 5.59. The lowest BCUT2D eigenvalue weighted by atomic mass is 9.55. The largest absolute Gasteiger partial charge is 0.426 e. The Morgan fingerprint density at radius 1 is 0.952 bits per heavy atom. The predicted octanol–water partition coefficient (Wildman–Crippen LogP) is 2.35. The van der Waals surface area contributed by atoms with E-state index in [0.717, 1.165) is 0 Å². The van der Waals surface area contributed by atoms with Crippen LogP contribution in [0.1, 0.15) is 0 Å². The highest BCUT2D eigenvalue weighted by molar-refractivity contribution is 6.80. The maximum absolute atomic E-state index is 13.6. The van der Waals surface area contributed by atoms with E-state index in [2.05, 4.69) is 0 Å². The SMILES string of the molecule is NCCOB(c1ccc(Cl)c(F)c1)c1ccc(Cl)c(F)c1. The zero-order valence-corrected chi connectivity index (χ0v) is 12.5. The molecule has 0 saturated carbocycles. The lowest BCUT2D eigenvalue weighted by Gasteiger charge is -2.15. The van der Waals surface area contributed by atoms with E-state index in [4.69, 9.17) is 33.6 Å². The molecule has 0 aliphatic rings. The van der Waals surface area contributed by atoms with Crippen LogP contribution in [0.15, 0.2) is 36.4 Å². The molecule has 0 atom stereocenters. The van der Waals surface area contributed by atoms with Crippen LogP contribution in [0.3, 0.4) is 0 Å². The van der Waals surface area contributed by atoms with Crippen LogP contribution in [-0.4, -0.2) is 20.1 Å². The van der Waals surface area contributed by atoms with Crippen LogP contribution in [0.2, 0.25) is 10.0 Å². The number of nitrogens with two attached hydrogens (primary N) is 1. The summed E-state index contributed by atoms with van der Waals surface area (Å²) in [7, 11) is 0. The van der Waals surface area contributed by atoms with Crippen LogP contribution in [0.5, 0.6) is 0 Å². The van der Waals surface area contributed by atoms with Crippen molar-refractivity contribution in [2.45, 2.75) is 0 Å². The van der Waals surface area contributed by atoms with Crippen LogP contribution in [0.4, 0.5) is 8.78 Å². The van der Waals surface area contributed by atoms with Crippen molar-refractivity contribution in [2.24, 2.45) is 5.73 Å². The Hall–Kier alpha value is -1.14. The van der Waals surface area contributed by atoms with E-state index >= 15 is 0 Å². The molecule has 0 aliphatic heterocycles. The summed E-state index contributed by atoms with van der Waals surface area (Å²) in [5.74, 6) is -1.13. The Morgan fingerprint density at radius 3 is 1.81 bits per heavy atom. The summed E-state index contributed by atoms with van der Waals surface area (Å²) in [6, 6.07) is 8.62. The minimum Gasteiger partial charge on any atom is -0.426 e. The zero-order valence-electron chi connectivity index (χ0n) is 11.0. The van der Waals surface area contributed by atoms with Crippen LogP contribution >= 0.6 is 23.2 Å². The molecule has 2 aromatic rings. The highest BCUT2D eigenvalue weighted by atomic mass is 35.5. The van der Waals surface area contributed by atoms with Gasteiger partial charge in [0, 0.05) is 13.2 Å². The average Bonchev–Trinajstić information content (AvgIpc) is 2.46. The minimum atomic E-state index is -0.646. The summed E-state index contributed by atoms with van der Waals surface area (Å²) in [5.41, 5.74) is 6.47. The summed E-state index contributed by atoms with van der Waals surface area (Å²) < 4.78 is 32.8. The fourth-order valence-corrected chi connectivity index (χ4v) is 2.16. The Morgan fingerprint density at radius 2 is 1.43 bits per heavy atom. The predicted molar refractivity (Wildman–Crippen MR) is 82.8 cm³/mol. The molecule has 0 saturated heterocycles. The fraction of sp³-hybridized carbons (Fsp3) is 0.143. The number of halogens is 4. The molecule has 0 unspecified atom stereocenters. The van der Waals surface area contributed by atoms with Crippen molar-refractivity contribution in [3.8, 4) is 0 Å². The Balaban J connectivity index is 2.41. The van der Waals surface area contributed by atoms with Crippen molar-refractivity contribution < 1.29 is 13.4 Å². The van der Waals surface area contributed by atoms with Gasteiger partial charge >= 0.3 is 6.92 Å². The molecule has 0 aromatic heterocycles. The summed E-state index contributed by atoms with van der Waals surface area (Å²) in [4.78, 5) is 0. The Bertz CT molecular complexity index is 591. The van der Waals surface area contributed by atoms with Crippen LogP contribution < -0.4 is 16.7 Å². The van der Waals surface area contributed by atoms with Gasteiger partial charge < -0.3 is 10.4 Å². The van der Waals surface area contributed by atoms with Crippen LogP contribution in [0.25, 0.3) is 0 Å². The van der Waals surface area contributed by atoms with Gasteiger partial charge in [-0.2, -0.15) is 0 Å². The molecule has 0 aliphatic carbocycles. The molecule has 2 N–H and O–H groups in total. The van der Waals surface area contributed by atoms with E-state index in [1.807, 2.05) is 0 Å². The molecule has 7 heteroatoms. The molecule has 2 aromatic carbocycles. The molecule has 0 spiro atoms. The first-order valence-electron chi connectivity index (χ1n) is 6.24. The van der Waals surface area contributed by atoms with Gasteiger partial charge in [0.15, 0.2) is 0 Å². The first-order chi connectivity index (χ1) is 10.0. The normalized spacial score (nSPS) is 10.7. The molecule has 0 bridgehead atoms. The van der Waals surface area contributed by atoms with Crippen LogP contribution in [0, 0.1) is 11.6 Å². The van der Waals surface area contributed by atoms with Crippen molar-refractivity contribution >= 4 is 41.0 Å². The number of hydrogen-bond donors (Lipinski definition) is 1. The molecule has 0 radical (unpaired) electrons. The van der Waals surface area contributed by atoms with Crippen molar-refractivity contribution in [1.82, 2.24) is 0 Å². The number of benzene rings is 2. The summed E-state index contributed by atoms with van der Waals surface area (Å²) in [5, 5.41) is 0.0252. The van der Waals surface area contributed by atoms with E-state index in [1.54, 1.807) is 12.1 Å². The molecule has 0 fully saturated rings. The lowest BCUT2D eigenvalue weighted by molar-refractivity contribution is 0.344. The van der Waals surface area contributed by atoms with E-state index in [9.17, 15) is 8.78 Å². The van der Waals surface area contributed by atoms with E-state index in [-0.39, 0.29) is 16.7 Å². The van der Waals surface area contributed by atoms with E-state index < -0.39 is 18.6 Å². The Labute approximate surface area is 131 Å². The van der Waals surface area contributed by atoms with Gasteiger partial charge in [0.2, 0.25) is 0 Å². The van der Waals surface area contributed by atoms with E-state index in [1.165, 1.54) is 24.3 Å². The van der Waals surface area contributed by atoms with Gasteiger partial charge in [-0.15, -0.1) is 0 Å². The smallest absolute Gasteiger partial charge is 0.361 e. The maximum Gasteiger partial charge on any atom is 0.361 e. The molecule has 2 rings (SSSR count). The number of rotatable bonds is 5. The average molecular weight is 330 g/mol. The highest BCUT2D eigenvalue weighted by Crippen LogP contribution is 2.14. The third kappa shape index (κ3) is 3.95. The van der Waals surface area contributed by atoms with Gasteiger partial charge in [-0.1, -0.05) is 35.3 Å². The van der Waals surface area contributed by atoms with Crippen molar-refractivity contribution in [2.75, 3.05) is 13.2 Å². The van der Waals surface area contributed by atoms with Crippen LogP contribution in [-0.2, 0) is 4.65 Å². The standard InChI is InChI=1S/C14H12BCl2F2NO/c16-11-3-1-9(7-13(11)18)15(21-6-5-20)10-2-4-12(17)14(19)8-10/h1-4,7-8H,5-6,20H2. The fourth-order valence-electron chi connectivity index (χ4n) is 1.92. The van der Waals surface area contributed by atoms with Gasteiger partial charge in [-0.05, 0) is 35.2 Å². The monoisotopic (exact) mass is 329 g/mol. The molecule has 2 nitrogen and oxygen atoms in total. The minimum absolute atomic E-state index is 0.0126. The van der Waals surface area contributed by atoms with Gasteiger partial charge in [0.25, 0.3) is 0 Å². The van der Waals surface area contributed by atoms with Crippen molar-refractivity contribution in [1.29, 1.82) is 0 Å².